The molecule has 0 radical (unpaired) electrons. The molecule has 2 aromatic rings. The second-order valence-electron chi connectivity index (χ2n) is 5.14. The van der Waals surface area contributed by atoms with E-state index in [-0.39, 0.29) is 5.91 Å². The van der Waals surface area contributed by atoms with Gasteiger partial charge in [0.2, 0.25) is 0 Å². The summed E-state index contributed by atoms with van der Waals surface area (Å²) in [5.41, 5.74) is 9.54. The molecule has 1 aliphatic heterocycles. The number of nitriles is 1. The van der Waals surface area contributed by atoms with Gasteiger partial charge in [0.25, 0.3) is 5.91 Å². The van der Waals surface area contributed by atoms with Gasteiger partial charge in [-0.05, 0) is 48.7 Å². The summed E-state index contributed by atoms with van der Waals surface area (Å²) < 4.78 is 0. The predicted octanol–water partition coefficient (Wildman–Crippen LogP) is 2.73. The molecule has 0 unspecified atom stereocenters. The fourth-order valence-electron chi connectivity index (χ4n) is 2.68. The minimum absolute atomic E-state index is 0.0846. The number of amides is 1. The van der Waals surface area contributed by atoms with Crippen LogP contribution in [0.5, 0.6) is 0 Å². The molecule has 0 saturated heterocycles. The van der Waals surface area contributed by atoms with Gasteiger partial charge in [0.05, 0.1) is 11.6 Å². The molecular weight excluding hydrogens is 262 g/mol. The average Bonchev–Trinajstić information content (AvgIpc) is 2.53. The minimum atomic E-state index is -0.0846. The van der Waals surface area contributed by atoms with Gasteiger partial charge in [0, 0.05) is 23.5 Å². The Labute approximate surface area is 123 Å². The molecule has 0 saturated carbocycles. The van der Waals surface area contributed by atoms with E-state index < -0.39 is 0 Å². The molecule has 4 nitrogen and oxygen atoms in total. The lowest BCUT2D eigenvalue weighted by Crippen LogP contribution is -2.35. The van der Waals surface area contributed by atoms with E-state index in [2.05, 4.69) is 6.07 Å². The molecule has 1 heterocycles. The standard InChI is InChI=1S/C17H15N3O/c18-11-12-3-1-4-14(9-12)17(21)20-8-2-5-13-6-7-15(19)10-16(13)20/h1,3-4,6-7,9-10H,2,5,8,19H2. The molecule has 2 N–H and O–H groups in total. The van der Waals surface area contributed by atoms with Crippen molar-refractivity contribution >= 4 is 17.3 Å². The molecular formula is C17H15N3O. The Morgan fingerprint density at radius 3 is 2.90 bits per heavy atom. The molecule has 1 aliphatic rings. The van der Waals surface area contributed by atoms with E-state index in [9.17, 15) is 4.79 Å². The third-order valence-corrected chi connectivity index (χ3v) is 3.71. The quantitative estimate of drug-likeness (QED) is 0.815. The number of rotatable bonds is 1. The number of carbonyl (C=O) groups excluding carboxylic acids is 1. The Morgan fingerprint density at radius 2 is 2.10 bits per heavy atom. The van der Waals surface area contributed by atoms with E-state index in [1.54, 1.807) is 29.2 Å². The number of carbonyl (C=O) groups is 1. The van der Waals surface area contributed by atoms with Crippen molar-refractivity contribution in [2.45, 2.75) is 12.8 Å². The van der Waals surface area contributed by atoms with E-state index in [1.165, 1.54) is 0 Å². The van der Waals surface area contributed by atoms with Crippen LogP contribution in [-0.4, -0.2) is 12.5 Å². The summed E-state index contributed by atoms with van der Waals surface area (Å²) in [6.07, 6.45) is 1.89. The molecule has 2 aromatic carbocycles. The number of nitrogen functional groups attached to an aromatic ring is 1. The third kappa shape index (κ3) is 2.46. The van der Waals surface area contributed by atoms with Crippen LogP contribution in [0.2, 0.25) is 0 Å². The molecule has 0 aliphatic carbocycles. The summed E-state index contributed by atoms with van der Waals surface area (Å²) in [6, 6.07) is 14.5. The van der Waals surface area contributed by atoms with Crippen LogP contribution in [0.3, 0.4) is 0 Å². The van der Waals surface area contributed by atoms with Gasteiger partial charge < -0.3 is 10.6 Å². The van der Waals surface area contributed by atoms with Crippen molar-refractivity contribution < 1.29 is 4.79 Å². The van der Waals surface area contributed by atoms with Crippen molar-refractivity contribution in [3.8, 4) is 6.07 Å². The van der Waals surface area contributed by atoms with E-state index in [0.29, 0.717) is 23.4 Å². The first kappa shape index (κ1) is 13.2. The van der Waals surface area contributed by atoms with Crippen LogP contribution >= 0.6 is 0 Å². The highest BCUT2D eigenvalue weighted by Gasteiger charge is 2.23. The fraction of sp³-hybridized carbons (Fsp3) is 0.176. The molecule has 0 bridgehead atoms. The SMILES string of the molecule is N#Cc1cccc(C(=O)N2CCCc3ccc(N)cc32)c1. The average molecular weight is 277 g/mol. The van der Waals surface area contributed by atoms with Gasteiger partial charge in [-0.3, -0.25) is 4.79 Å². The Balaban J connectivity index is 2.00. The maximum atomic E-state index is 12.7. The van der Waals surface area contributed by atoms with Gasteiger partial charge in [-0.2, -0.15) is 5.26 Å². The summed E-state index contributed by atoms with van der Waals surface area (Å²) in [4.78, 5) is 14.5. The van der Waals surface area contributed by atoms with E-state index in [0.717, 1.165) is 24.1 Å². The van der Waals surface area contributed by atoms with Crippen LogP contribution in [0.1, 0.15) is 27.9 Å². The van der Waals surface area contributed by atoms with Gasteiger partial charge in [-0.15, -0.1) is 0 Å². The van der Waals surface area contributed by atoms with E-state index in [4.69, 9.17) is 11.0 Å². The van der Waals surface area contributed by atoms with E-state index >= 15 is 0 Å². The van der Waals surface area contributed by atoms with Gasteiger partial charge in [-0.1, -0.05) is 12.1 Å². The predicted molar refractivity (Wildman–Crippen MR) is 82.0 cm³/mol. The van der Waals surface area contributed by atoms with Crippen molar-refractivity contribution in [3.63, 3.8) is 0 Å². The zero-order valence-electron chi connectivity index (χ0n) is 11.5. The van der Waals surface area contributed by atoms with Gasteiger partial charge in [0.15, 0.2) is 0 Å². The Bertz CT molecular complexity index is 746. The van der Waals surface area contributed by atoms with Crippen LogP contribution in [0.15, 0.2) is 42.5 Å². The number of anilines is 2. The first-order valence-electron chi connectivity index (χ1n) is 6.89. The second-order valence-corrected chi connectivity index (χ2v) is 5.14. The van der Waals surface area contributed by atoms with Crippen molar-refractivity contribution in [1.82, 2.24) is 0 Å². The van der Waals surface area contributed by atoms with Crippen molar-refractivity contribution in [2.75, 3.05) is 17.2 Å². The van der Waals surface area contributed by atoms with Crippen molar-refractivity contribution in [1.29, 1.82) is 5.26 Å². The van der Waals surface area contributed by atoms with Gasteiger partial charge >= 0.3 is 0 Å². The molecule has 4 heteroatoms. The van der Waals surface area contributed by atoms with Crippen molar-refractivity contribution in [3.05, 3.63) is 59.2 Å². The van der Waals surface area contributed by atoms with Crippen LogP contribution in [0, 0.1) is 11.3 Å². The van der Waals surface area contributed by atoms with Gasteiger partial charge in [0.1, 0.15) is 0 Å². The summed E-state index contributed by atoms with van der Waals surface area (Å²) in [5, 5.41) is 8.96. The van der Waals surface area contributed by atoms with Crippen LogP contribution < -0.4 is 10.6 Å². The molecule has 0 aromatic heterocycles. The first-order valence-corrected chi connectivity index (χ1v) is 6.89. The number of benzene rings is 2. The number of nitrogens with two attached hydrogens (primary N) is 1. The highest BCUT2D eigenvalue weighted by atomic mass is 16.2. The summed E-state index contributed by atoms with van der Waals surface area (Å²) in [5.74, 6) is -0.0846. The molecule has 0 atom stereocenters. The second kappa shape index (κ2) is 5.29. The summed E-state index contributed by atoms with van der Waals surface area (Å²) >= 11 is 0. The maximum Gasteiger partial charge on any atom is 0.258 e. The Morgan fingerprint density at radius 1 is 1.24 bits per heavy atom. The lowest BCUT2D eigenvalue weighted by atomic mass is 10.00. The molecule has 21 heavy (non-hydrogen) atoms. The fourth-order valence-corrected chi connectivity index (χ4v) is 2.68. The molecule has 3 rings (SSSR count). The maximum absolute atomic E-state index is 12.7. The highest BCUT2D eigenvalue weighted by molar-refractivity contribution is 6.07. The normalized spacial score (nSPS) is 13.4. The number of hydrogen-bond acceptors (Lipinski definition) is 3. The number of aryl methyl sites for hydroxylation is 1. The molecule has 1 amide bonds. The third-order valence-electron chi connectivity index (χ3n) is 3.71. The molecule has 0 fully saturated rings. The molecule has 0 spiro atoms. The topological polar surface area (TPSA) is 70.1 Å². The molecule has 104 valence electrons. The zero-order chi connectivity index (χ0) is 14.8. The van der Waals surface area contributed by atoms with Crippen LogP contribution in [-0.2, 0) is 6.42 Å². The number of fused-ring (bicyclic) bond motifs is 1. The lowest BCUT2D eigenvalue weighted by Gasteiger charge is -2.30. The number of nitrogens with zero attached hydrogens (tertiary/aromatic N) is 2. The van der Waals surface area contributed by atoms with Crippen LogP contribution in [0.4, 0.5) is 11.4 Å². The van der Waals surface area contributed by atoms with Crippen LogP contribution in [0.25, 0.3) is 0 Å². The lowest BCUT2D eigenvalue weighted by molar-refractivity contribution is 0.0985. The monoisotopic (exact) mass is 277 g/mol. The summed E-state index contributed by atoms with van der Waals surface area (Å²) in [7, 11) is 0. The smallest absolute Gasteiger partial charge is 0.258 e. The van der Waals surface area contributed by atoms with E-state index in [1.807, 2.05) is 18.2 Å². The largest absolute Gasteiger partial charge is 0.399 e. The van der Waals surface area contributed by atoms with Gasteiger partial charge in [-0.25, -0.2) is 0 Å². The highest BCUT2D eigenvalue weighted by Crippen LogP contribution is 2.30. The summed E-state index contributed by atoms with van der Waals surface area (Å²) in [6.45, 7) is 0.673. The van der Waals surface area contributed by atoms with Crippen molar-refractivity contribution in [2.24, 2.45) is 0 Å². The first-order chi connectivity index (χ1) is 10.2. The number of hydrogen-bond donors (Lipinski definition) is 1. The zero-order valence-corrected chi connectivity index (χ0v) is 11.5. The minimum Gasteiger partial charge on any atom is -0.399 e. The Kier molecular flexibility index (Phi) is 3.33. The Hall–Kier alpha value is -2.80.